The third kappa shape index (κ3) is 2.33. The van der Waals surface area contributed by atoms with Gasteiger partial charge < -0.3 is 10.5 Å². The van der Waals surface area contributed by atoms with E-state index in [1.807, 2.05) is 19.5 Å². The van der Waals surface area contributed by atoms with E-state index in [0.717, 1.165) is 12.1 Å². The molecule has 0 unspecified atom stereocenters. The zero-order valence-electron chi connectivity index (χ0n) is 9.30. The maximum Gasteiger partial charge on any atom is 0.256 e. The highest BCUT2D eigenvalue weighted by molar-refractivity contribution is 7.09. The Kier molecular flexibility index (Phi) is 3.09. The van der Waals surface area contributed by atoms with E-state index in [-0.39, 0.29) is 0 Å². The molecule has 0 aromatic carbocycles. The van der Waals surface area contributed by atoms with Gasteiger partial charge in [-0.1, -0.05) is 0 Å². The van der Waals surface area contributed by atoms with E-state index in [9.17, 15) is 0 Å². The number of anilines is 1. The van der Waals surface area contributed by atoms with Crippen molar-refractivity contribution in [3.63, 3.8) is 0 Å². The number of aryl methyl sites for hydroxylation is 2. The van der Waals surface area contributed by atoms with Gasteiger partial charge in [0.1, 0.15) is 5.69 Å². The minimum Gasteiger partial charge on any atom is -0.475 e. The molecule has 86 valence electrons. The first-order chi connectivity index (χ1) is 7.66. The molecule has 0 radical (unpaired) electrons. The topological polar surface area (TPSA) is 66.0 Å². The van der Waals surface area contributed by atoms with Crippen LogP contribution < -0.4 is 10.5 Å². The molecule has 0 amide bonds. The molecule has 2 aromatic heterocycles. The number of hydrogen-bond donors (Lipinski definition) is 1. The quantitative estimate of drug-likeness (QED) is 0.874. The van der Waals surface area contributed by atoms with E-state index in [1.165, 1.54) is 4.88 Å². The molecular formula is C10H14N4OS. The third-order valence-corrected chi connectivity index (χ3v) is 3.23. The highest BCUT2D eigenvalue weighted by atomic mass is 32.1. The molecular weight excluding hydrogens is 224 g/mol. The third-order valence-electron chi connectivity index (χ3n) is 2.23. The highest BCUT2D eigenvalue weighted by Crippen LogP contribution is 2.18. The molecule has 0 aliphatic carbocycles. The Bertz CT molecular complexity index is 477. The van der Waals surface area contributed by atoms with Gasteiger partial charge in [0.25, 0.3) is 5.88 Å². The fourth-order valence-corrected chi connectivity index (χ4v) is 2.17. The summed E-state index contributed by atoms with van der Waals surface area (Å²) in [6.07, 6.45) is 2.57. The van der Waals surface area contributed by atoms with Gasteiger partial charge in [-0.3, -0.25) is 4.68 Å². The fraction of sp³-hybridized carbons (Fsp3) is 0.400. The van der Waals surface area contributed by atoms with Crippen LogP contribution in [-0.2, 0) is 13.5 Å². The second-order valence-electron chi connectivity index (χ2n) is 3.52. The molecule has 2 aromatic rings. The predicted octanol–water partition coefficient (Wildman–Crippen LogP) is 1.39. The van der Waals surface area contributed by atoms with Crippen molar-refractivity contribution in [3.8, 4) is 5.88 Å². The zero-order valence-corrected chi connectivity index (χ0v) is 10.1. The maximum atomic E-state index is 5.71. The SMILES string of the molecule is Cc1ncsc1CCOc1nn(C)cc1N. The van der Waals surface area contributed by atoms with Gasteiger partial charge in [0.15, 0.2) is 0 Å². The van der Waals surface area contributed by atoms with Gasteiger partial charge in [0.2, 0.25) is 0 Å². The summed E-state index contributed by atoms with van der Waals surface area (Å²) in [4.78, 5) is 5.43. The Morgan fingerprint density at radius 3 is 2.94 bits per heavy atom. The number of ether oxygens (including phenoxy) is 1. The van der Waals surface area contributed by atoms with Gasteiger partial charge >= 0.3 is 0 Å². The van der Waals surface area contributed by atoms with E-state index < -0.39 is 0 Å². The normalized spacial score (nSPS) is 10.6. The molecule has 0 aliphatic heterocycles. The van der Waals surface area contributed by atoms with Gasteiger partial charge in [-0.25, -0.2) is 4.98 Å². The lowest BCUT2D eigenvalue weighted by atomic mass is 10.3. The van der Waals surface area contributed by atoms with Crippen molar-refractivity contribution in [2.45, 2.75) is 13.3 Å². The lowest BCUT2D eigenvalue weighted by Gasteiger charge is -2.02. The van der Waals surface area contributed by atoms with Crippen molar-refractivity contribution in [2.75, 3.05) is 12.3 Å². The summed E-state index contributed by atoms with van der Waals surface area (Å²) >= 11 is 1.65. The Labute approximate surface area is 97.9 Å². The number of aromatic nitrogens is 3. The van der Waals surface area contributed by atoms with Crippen LogP contribution in [0.25, 0.3) is 0 Å². The Morgan fingerprint density at radius 2 is 2.38 bits per heavy atom. The van der Waals surface area contributed by atoms with Gasteiger partial charge in [-0.2, -0.15) is 0 Å². The van der Waals surface area contributed by atoms with Crippen LogP contribution in [0, 0.1) is 6.92 Å². The Morgan fingerprint density at radius 1 is 1.56 bits per heavy atom. The average Bonchev–Trinajstić information content (AvgIpc) is 2.75. The summed E-state index contributed by atoms with van der Waals surface area (Å²) in [5, 5.41) is 4.11. The lowest BCUT2D eigenvalue weighted by molar-refractivity contribution is 0.308. The van der Waals surface area contributed by atoms with E-state index in [0.29, 0.717) is 18.2 Å². The predicted molar refractivity (Wildman–Crippen MR) is 63.7 cm³/mol. The Hall–Kier alpha value is -1.56. The van der Waals surface area contributed by atoms with Crippen molar-refractivity contribution in [1.82, 2.24) is 14.8 Å². The lowest BCUT2D eigenvalue weighted by Crippen LogP contribution is -2.03. The van der Waals surface area contributed by atoms with E-state index in [4.69, 9.17) is 10.5 Å². The molecule has 0 aliphatic rings. The molecule has 0 atom stereocenters. The highest BCUT2D eigenvalue weighted by Gasteiger charge is 2.06. The number of rotatable bonds is 4. The molecule has 0 fully saturated rings. The molecule has 0 bridgehead atoms. The minimum atomic E-state index is 0.504. The maximum absolute atomic E-state index is 5.71. The van der Waals surface area contributed by atoms with E-state index >= 15 is 0 Å². The van der Waals surface area contributed by atoms with Crippen LogP contribution in [0.2, 0.25) is 0 Å². The summed E-state index contributed by atoms with van der Waals surface area (Å²) in [5.74, 6) is 0.504. The molecule has 0 spiro atoms. The fourth-order valence-electron chi connectivity index (χ4n) is 1.41. The van der Waals surface area contributed by atoms with Crippen LogP contribution in [0.1, 0.15) is 10.6 Å². The summed E-state index contributed by atoms with van der Waals surface area (Å²) in [6.45, 7) is 2.57. The molecule has 16 heavy (non-hydrogen) atoms. The smallest absolute Gasteiger partial charge is 0.256 e. The zero-order chi connectivity index (χ0) is 11.5. The van der Waals surface area contributed by atoms with Gasteiger partial charge in [0.05, 0.1) is 24.0 Å². The van der Waals surface area contributed by atoms with Crippen LogP contribution in [-0.4, -0.2) is 21.4 Å². The summed E-state index contributed by atoms with van der Waals surface area (Å²) < 4.78 is 7.15. The number of hydrogen-bond acceptors (Lipinski definition) is 5. The van der Waals surface area contributed by atoms with E-state index in [1.54, 1.807) is 22.2 Å². The van der Waals surface area contributed by atoms with Crippen LogP contribution >= 0.6 is 11.3 Å². The van der Waals surface area contributed by atoms with Gasteiger partial charge in [-0.15, -0.1) is 16.4 Å². The van der Waals surface area contributed by atoms with Crippen molar-refractivity contribution < 1.29 is 4.74 Å². The minimum absolute atomic E-state index is 0.504. The average molecular weight is 238 g/mol. The molecule has 2 rings (SSSR count). The summed E-state index contributed by atoms with van der Waals surface area (Å²) in [6, 6.07) is 0. The van der Waals surface area contributed by atoms with E-state index in [2.05, 4.69) is 10.1 Å². The van der Waals surface area contributed by atoms with Crippen LogP contribution in [0.4, 0.5) is 5.69 Å². The first-order valence-electron chi connectivity index (χ1n) is 4.97. The number of nitrogen functional groups attached to an aromatic ring is 1. The van der Waals surface area contributed by atoms with Crippen LogP contribution in [0.5, 0.6) is 5.88 Å². The second-order valence-corrected chi connectivity index (χ2v) is 4.46. The van der Waals surface area contributed by atoms with Crippen molar-refractivity contribution in [1.29, 1.82) is 0 Å². The second kappa shape index (κ2) is 4.52. The molecule has 0 saturated heterocycles. The standard InChI is InChI=1S/C10H14N4OS/c1-7-9(16-6-12-7)3-4-15-10-8(11)5-14(2)13-10/h5-6H,3-4,11H2,1-2H3. The monoisotopic (exact) mass is 238 g/mol. The Balaban J connectivity index is 1.89. The molecule has 6 heteroatoms. The van der Waals surface area contributed by atoms with Gasteiger partial charge in [0, 0.05) is 18.3 Å². The first kappa shape index (κ1) is 10.9. The van der Waals surface area contributed by atoms with Crippen LogP contribution in [0.3, 0.4) is 0 Å². The van der Waals surface area contributed by atoms with Crippen molar-refractivity contribution in [3.05, 3.63) is 22.3 Å². The summed E-state index contributed by atoms with van der Waals surface area (Å²) in [7, 11) is 1.82. The summed E-state index contributed by atoms with van der Waals surface area (Å²) in [5.41, 5.74) is 9.20. The van der Waals surface area contributed by atoms with Crippen molar-refractivity contribution >= 4 is 17.0 Å². The van der Waals surface area contributed by atoms with Crippen LogP contribution in [0.15, 0.2) is 11.7 Å². The molecule has 2 heterocycles. The molecule has 0 saturated carbocycles. The number of thiazole rings is 1. The first-order valence-corrected chi connectivity index (χ1v) is 5.85. The number of nitrogens with zero attached hydrogens (tertiary/aromatic N) is 3. The largest absolute Gasteiger partial charge is 0.475 e. The molecule has 2 N–H and O–H groups in total. The van der Waals surface area contributed by atoms with Crippen molar-refractivity contribution in [2.24, 2.45) is 7.05 Å². The van der Waals surface area contributed by atoms with Gasteiger partial charge in [-0.05, 0) is 6.92 Å². The number of nitrogens with two attached hydrogens (primary N) is 1. The molecule has 5 nitrogen and oxygen atoms in total.